The predicted molar refractivity (Wildman–Crippen MR) is 77.5 cm³/mol. The number of rotatable bonds is 4. The largest absolute Gasteiger partial charge is 0.388 e. The Bertz CT molecular complexity index is 362. The Kier molecular flexibility index (Phi) is 4.94. The van der Waals surface area contributed by atoms with Crippen molar-refractivity contribution in [3.63, 3.8) is 0 Å². The molecule has 2 nitrogen and oxygen atoms in total. The third kappa shape index (κ3) is 4.11. The predicted octanol–water partition coefficient (Wildman–Crippen LogP) is 3.61. The Morgan fingerprint density at radius 1 is 1.06 bits per heavy atom. The molecule has 0 saturated heterocycles. The lowest BCUT2D eigenvalue weighted by atomic mass is 9.83. The van der Waals surface area contributed by atoms with Crippen LogP contribution in [-0.2, 0) is 0 Å². The lowest BCUT2D eigenvalue weighted by Gasteiger charge is -2.29. The van der Waals surface area contributed by atoms with Gasteiger partial charge in [0.25, 0.3) is 0 Å². The smallest absolute Gasteiger partial charge is 0.0805 e. The second-order valence-electron chi connectivity index (χ2n) is 6.55. The third-order valence-corrected chi connectivity index (χ3v) is 3.58. The average Bonchev–Trinajstić information content (AvgIpc) is 2.27. The van der Waals surface area contributed by atoms with E-state index in [2.05, 4.69) is 46.8 Å². The van der Waals surface area contributed by atoms with Crippen LogP contribution in [0.4, 0.5) is 0 Å². The zero-order valence-electron chi connectivity index (χ0n) is 12.3. The highest BCUT2D eigenvalue weighted by atomic mass is 16.3. The minimum Gasteiger partial charge on any atom is -0.388 e. The fraction of sp³-hybridized carbons (Fsp3) is 0.625. The van der Waals surface area contributed by atoms with E-state index in [1.807, 2.05) is 12.1 Å². The van der Waals surface area contributed by atoms with Crippen LogP contribution in [0.3, 0.4) is 0 Å². The second-order valence-corrected chi connectivity index (χ2v) is 6.55. The third-order valence-electron chi connectivity index (χ3n) is 3.58. The van der Waals surface area contributed by atoms with Gasteiger partial charge < -0.3 is 10.8 Å². The van der Waals surface area contributed by atoms with Gasteiger partial charge in [0.05, 0.1) is 6.10 Å². The van der Waals surface area contributed by atoms with Gasteiger partial charge in [0.15, 0.2) is 0 Å². The highest BCUT2D eigenvalue weighted by Gasteiger charge is 2.23. The number of benzene rings is 1. The van der Waals surface area contributed by atoms with Gasteiger partial charge in [-0.25, -0.2) is 0 Å². The van der Waals surface area contributed by atoms with E-state index in [1.54, 1.807) is 0 Å². The first kappa shape index (κ1) is 15.2. The molecule has 1 aromatic rings. The maximum Gasteiger partial charge on any atom is 0.0805 e. The van der Waals surface area contributed by atoms with Gasteiger partial charge in [-0.2, -0.15) is 0 Å². The molecule has 2 atom stereocenters. The molecule has 102 valence electrons. The van der Waals surface area contributed by atoms with Crippen LogP contribution in [0.25, 0.3) is 0 Å². The quantitative estimate of drug-likeness (QED) is 0.856. The van der Waals surface area contributed by atoms with Gasteiger partial charge in [-0.15, -0.1) is 0 Å². The molecule has 0 bridgehead atoms. The summed E-state index contributed by atoms with van der Waals surface area (Å²) in [6.45, 7) is 10.6. The molecule has 0 aliphatic rings. The number of nitrogens with two attached hydrogens (primary N) is 1. The Labute approximate surface area is 111 Å². The number of aliphatic hydroxyl groups is 1. The van der Waals surface area contributed by atoms with Crippen molar-refractivity contribution in [1.82, 2.24) is 0 Å². The fourth-order valence-electron chi connectivity index (χ4n) is 1.83. The second kappa shape index (κ2) is 5.85. The van der Waals surface area contributed by atoms with Crippen LogP contribution in [-0.4, -0.2) is 11.1 Å². The number of hydrogen-bond acceptors (Lipinski definition) is 2. The monoisotopic (exact) mass is 249 g/mol. The minimum absolute atomic E-state index is 0.00252. The van der Waals surface area contributed by atoms with Crippen molar-refractivity contribution in [1.29, 1.82) is 0 Å². The summed E-state index contributed by atoms with van der Waals surface area (Å²) in [6, 6.07) is 8.19. The maximum atomic E-state index is 10.2. The lowest BCUT2D eigenvalue weighted by Crippen LogP contribution is -2.36. The summed E-state index contributed by atoms with van der Waals surface area (Å²) in [5.74, 6) is 0.521. The van der Waals surface area contributed by atoms with Crippen LogP contribution in [0.1, 0.15) is 64.2 Å². The Morgan fingerprint density at radius 2 is 1.50 bits per heavy atom. The molecule has 1 aromatic carbocycles. The molecule has 3 N–H and O–H groups in total. The standard InChI is InChI=1S/C16H27NO/c1-11(2)12-6-8-13(9-7-12)14(18)10-15(17)16(3,4)5/h6-9,11,14-15,18H,10,17H2,1-5H3/t14-,15-/m0/s1. The van der Waals surface area contributed by atoms with Crippen molar-refractivity contribution in [3.8, 4) is 0 Å². The van der Waals surface area contributed by atoms with Gasteiger partial charge in [-0.1, -0.05) is 58.9 Å². The molecule has 0 radical (unpaired) electrons. The SMILES string of the molecule is CC(C)c1ccc([C@@H](O)C[C@H](N)C(C)(C)C)cc1. The van der Waals surface area contributed by atoms with Crippen LogP contribution < -0.4 is 5.73 Å². The van der Waals surface area contributed by atoms with Crippen molar-refractivity contribution in [2.75, 3.05) is 0 Å². The molecule has 0 fully saturated rings. The van der Waals surface area contributed by atoms with Crippen LogP contribution >= 0.6 is 0 Å². The Balaban J connectivity index is 2.70. The van der Waals surface area contributed by atoms with Gasteiger partial charge >= 0.3 is 0 Å². The summed E-state index contributed by atoms with van der Waals surface area (Å²) in [5, 5.41) is 10.2. The van der Waals surface area contributed by atoms with E-state index in [-0.39, 0.29) is 11.5 Å². The van der Waals surface area contributed by atoms with Crippen molar-refractivity contribution in [2.45, 2.75) is 59.1 Å². The summed E-state index contributed by atoms with van der Waals surface area (Å²) in [6.07, 6.45) is 0.130. The summed E-state index contributed by atoms with van der Waals surface area (Å²) in [5.41, 5.74) is 8.39. The van der Waals surface area contributed by atoms with E-state index < -0.39 is 6.10 Å². The van der Waals surface area contributed by atoms with E-state index in [4.69, 9.17) is 5.73 Å². The molecule has 0 saturated carbocycles. The molecule has 2 heteroatoms. The van der Waals surface area contributed by atoms with Crippen LogP contribution in [0.5, 0.6) is 0 Å². The van der Waals surface area contributed by atoms with Gasteiger partial charge in [0.1, 0.15) is 0 Å². The maximum absolute atomic E-state index is 10.2. The summed E-state index contributed by atoms with van der Waals surface area (Å²) >= 11 is 0. The van der Waals surface area contributed by atoms with E-state index in [1.165, 1.54) is 5.56 Å². The molecule has 0 unspecified atom stereocenters. The van der Waals surface area contributed by atoms with Gasteiger partial charge in [0, 0.05) is 6.04 Å². The molecular weight excluding hydrogens is 222 g/mol. The van der Waals surface area contributed by atoms with Gasteiger partial charge in [0.2, 0.25) is 0 Å². The molecule has 0 heterocycles. The van der Waals surface area contributed by atoms with Crippen molar-refractivity contribution >= 4 is 0 Å². The van der Waals surface area contributed by atoms with Crippen molar-refractivity contribution in [2.24, 2.45) is 11.1 Å². The summed E-state index contributed by atoms with van der Waals surface area (Å²) in [4.78, 5) is 0. The topological polar surface area (TPSA) is 46.2 Å². The first-order chi connectivity index (χ1) is 8.21. The zero-order chi connectivity index (χ0) is 13.9. The van der Waals surface area contributed by atoms with Gasteiger partial charge in [-0.3, -0.25) is 0 Å². The zero-order valence-corrected chi connectivity index (χ0v) is 12.3. The average molecular weight is 249 g/mol. The van der Waals surface area contributed by atoms with Crippen molar-refractivity contribution < 1.29 is 5.11 Å². The fourth-order valence-corrected chi connectivity index (χ4v) is 1.83. The Morgan fingerprint density at radius 3 is 1.89 bits per heavy atom. The van der Waals surface area contributed by atoms with Crippen LogP contribution in [0.15, 0.2) is 24.3 Å². The molecule has 0 spiro atoms. The first-order valence-electron chi connectivity index (χ1n) is 6.75. The van der Waals surface area contributed by atoms with Gasteiger partial charge in [-0.05, 0) is 28.9 Å². The molecular formula is C16H27NO. The van der Waals surface area contributed by atoms with E-state index >= 15 is 0 Å². The highest BCUT2D eigenvalue weighted by molar-refractivity contribution is 5.26. The summed E-state index contributed by atoms with van der Waals surface area (Å²) < 4.78 is 0. The van der Waals surface area contributed by atoms with Crippen molar-refractivity contribution in [3.05, 3.63) is 35.4 Å². The van der Waals surface area contributed by atoms with E-state index in [0.29, 0.717) is 12.3 Å². The molecule has 0 aliphatic carbocycles. The molecule has 0 amide bonds. The summed E-state index contributed by atoms with van der Waals surface area (Å²) in [7, 11) is 0. The Hall–Kier alpha value is -0.860. The molecule has 0 aliphatic heterocycles. The van der Waals surface area contributed by atoms with Crippen LogP contribution in [0.2, 0.25) is 0 Å². The molecule has 1 rings (SSSR count). The first-order valence-corrected chi connectivity index (χ1v) is 6.75. The minimum atomic E-state index is -0.472. The number of hydrogen-bond donors (Lipinski definition) is 2. The normalized spacial score (nSPS) is 15.8. The molecule has 18 heavy (non-hydrogen) atoms. The lowest BCUT2D eigenvalue weighted by molar-refractivity contribution is 0.133. The highest BCUT2D eigenvalue weighted by Crippen LogP contribution is 2.27. The van der Waals surface area contributed by atoms with E-state index in [0.717, 1.165) is 5.56 Å². The molecule has 0 aromatic heterocycles. The number of aliphatic hydroxyl groups excluding tert-OH is 1. The van der Waals surface area contributed by atoms with Crippen LogP contribution in [0, 0.1) is 5.41 Å². The van der Waals surface area contributed by atoms with E-state index in [9.17, 15) is 5.11 Å².